The minimum atomic E-state index is -0.0994. The number of fused-ring (bicyclic) bond motifs is 1. The highest BCUT2D eigenvalue weighted by molar-refractivity contribution is 9.10. The maximum absolute atomic E-state index is 14.0. The van der Waals surface area contributed by atoms with Gasteiger partial charge in [0.15, 0.2) is 0 Å². The second-order valence-corrected chi connectivity index (χ2v) is 7.07. The Balaban J connectivity index is 1.70. The number of hydrogen-bond acceptors (Lipinski definition) is 2. The molecule has 3 rings (SSSR count). The van der Waals surface area contributed by atoms with Gasteiger partial charge >= 0.3 is 0 Å². The standard InChI is InChI=1S/C16H22BrFN2/c1-12-9-19-7-3-2-4-15(19)11-20(12)10-13-5-6-14(17)8-16(13)18/h5-6,8,12,15H,2-4,7,9-11H2,1H3. The lowest BCUT2D eigenvalue weighted by molar-refractivity contribution is 0.0106. The van der Waals surface area contributed by atoms with Crippen LogP contribution in [0.5, 0.6) is 0 Å². The van der Waals surface area contributed by atoms with E-state index in [9.17, 15) is 4.39 Å². The van der Waals surface area contributed by atoms with Crippen molar-refractivity contribution in [3.63, 3.8) is 0 Å². The number of rotatable bonds is 2. The van der Waals surface area contributed by atoms with Gasteiger partial charge in [-0.15, -0.1) is 0 Å². The maximum atomic E-state index is 14.0. The lowest BCUT2D eigenvalue weighted by Gasteiger charge is -2.47. The SMILES string of the molecule is CC1CN2CCCCC2CN1Cc1ccc(Br)cc1F. The predicted octanol–water partition coefficient (Wildman–Crippen LogP) is 3.65. The molecule has 2 unspecified atom stereocenters. The molecule has 4 heteroatoms. The molecule has 2 aliphatic heterocycles. The molecule has 0 radical (unpaired) electrons. The lowest BCUT2D eigenvalue weighted by atomic mass is 9.96. The third-order valence-corrected chi connectivity index (χ3v) is 5.20. The zero-order valence-corrected chi connectivity index (χ0v) is 13.6. The average Bonchev–Trinajstić information content (AvgIpc) is 2.42. The zero-order valence-electron chi connectivity index (χ0n) is 12.0. The van der Waals surface area contributed by atoms with Gasteiger partial charge in [-0.05, 0) is 38.4 Å². The highest BCUT2D eigenvalue weighted by Gasteiger charge is 2.32. The van der Waals surface area contributed by atoms with Crippen molar-refractivity contribution in [2.45, 2.75) is 44.8 Å². The Labute approximate surface area is 129 Å². The summed E-state index contributed by atoms with van der Waals surface area (Å²) in [7, 11) is 0. The van der Waals surface area contributed by atoms with E-state index in [4.69, 9.17) is 0 Å². The number of halogens is 2. The van der Waals surface area contributed by atoms with Crippen molar-refractivity contribution >= 4 is 15.9 Å². The Morgan fingerprint density at radius 2 is 2.15 bits per heavy atom. The number of piperazine rings is 1. The van der Waals surface area contributed by atoms with Crippen LogP contribution in [0.1, 0.15) is 31.7 Å². The average molecular weight is 341 g/mol. The van der Waals surface area contributed by atoms with Gasteiger partial charge in [-0.25, -0.2) is 4.39 Å². The molecule has 2 saturated heterocycles. The Kier molecular flexibility index (Phi) is 4.43. The van der Waals surface area contributed by atoms with Crippen molar-refractivity contribution in [3.05, 3.63) is 34.1 Å². The summed E-state index contributed by atoms with van der Waals surface area (Å²) < 4.78 is 14.8. The summed E-state index contributed by atoms with van der Waals surface area (Å²) in [5, 5.41) is 0. The van der Waals surface area contributed by atoms with Crippen molar-refractivity contribution < 1.29 is 4.39 Å². The molecule has 0 spiro atoms. The number of benzene rings is 1. The van der Waals surface area contributed by atoms with Crippen LogP contribution in [0.25, 0.3) is 0 Å². The van der Waals surface area contributed by atoms with Crippen molar-refractivity contribution in [2.24, 2.45) is 0 Å². The first-order valence-corrected chi connectivity index (χ1v) is 8.35. The van der Waals surface area contributed by atoms with E-state index in [1.165, 1.54) is 25.8 Å². The molecule has 2 nitrogen and oxygen atoms in total. The Bertz CT molecular complexity index is 480. The molecule has 20 heavy (non-hydrogen) atoms. The van der Waals surface area contributed by atoms with Crippen LogP contribution >= 0.6 is 15.9 Å². The van der Waals surface area contributed by atoms with E-state index in [0.717, 1.165) is 29.7 Å². The number of piperidine rings is 1. The van der Waals surface area contributed by atoms with Gasteiger partial charge in [0.05, 0.1) is 0 Å². The van der Waals surface area contributed by atoms with Crippen LogP contribution < -0.4 is 0 Å². The van der Waals surface area contributed by atoms with Crippen LogP contribution in [0, 0.1) is 5.82 Å². The van der Waals surface area contributed by atoms with Gasteiger partial charge in [0, 0.05) is 41.8 Å². The van der Waals surface area contributed by atoms with Gasteiger partial charge in [-0.3, -0.25) is 9.80 Å². The number of nitrogens with zero attached hydrogens (tertiary/aromatic N) is 2. The lowest BCUT2D eigenvalue weighted by Crippen LogP contribution is -2.58. The summed E-state index contributed by atoms with van der Waals surface area (Å²) in [6, 6.07) is 6.58. The van der Waals surface area contributed by atoms with Crippen molar-refractivity contribution in [2.75, 3.05) is 19.6 Å². The molecule has 2 fully saturated rings. The molecule has 0 N–H and O–H groups in total. The number of hydrogen-bond donors (Lipinski definition) is 0. The molecule has 110 valence electrons. The Morgan fingerprint density at radius 1 is 1.30 bits per heavy atom. The van der Waals surface area contributed by atoms with E-state index in [1.807, 2.05) is 12.1 Å². The second-order valence-electron chi connectivity index (χ2n) is 6.16. The van der Waals surface area contributed by atoms with Crippen LogP contribution in [0.2, 0.25) is 0 Å². The van der Waals surface area contributed by atoms with Crippen LogP contribution in [-0.4, -0.2) is 41.5 Å². The summed E-state index contributed by atoms with van der Waals surface area (Å²) >= 11 is 3.32. The van der Waals surface area contributed by atoms with Gasteiger partial charge < -0.3 is 0 Å². The molecule has 0 bridgehead atoms. The topological polar surface area (TPSA) is 6.48 Å². The smallest absolute Gasteiger partial charge is 0.128 e. The summed E-state index contributed by atoms with van der Waals surface area (Å²) in [4.78, 5) is 5.07. The second kappa shape index (κ2) is 6.12. The fourth-order valence-corrected chi connectivity index (χ4v) is 3.83. The molecule has 0 aliphatic carbocycles. The van der Waals surface area contributed by atoms with Gasteiger partial charge in [-0.1, -0.05) is 28.4 Å². The summed E-state index contributed by atoms with van der Waals surface area (Å²) in [5.41, 5.74) is 0.810. The molecule has 0 saturated carbocycles. The van der Waals surface area contributed by atoms with Gasteiger partial charge in [0.25, 0.3) is 0 Å². The molecule has 1 aromatic carbocycles. The first-order valence-electron chi connectivity index (χ1n) is 7.55. The van der Waals surface area contributed by atoms with E-state index in [2.05, 4.69) is 32.7 Å². The molecule has 1 aromatic rings. The molecular formula is C16H22BrFN2. The molecule has 0 aromatic heterocycles. The highest BCUT2D eigenvalue weighted by atomic mass is 79.9. The predicted molar refractivity (Wildman–Crippen MR) is 83.2 cm³/mol. The quantitative estimate of drug-likeness (QED) is 0.810. The molecule has 0 amide bonds. The molecule has 2 heterocycles. The maximum Gasteiger partial charge on any atom is 0.128 e. The third-order valence-electron chi connectivity index (χ3n) is 4.70. The molecule has 2 aliphatic rings. The summed E-state index contributed by atoms with van der Waals surface area (Å²) in [6.07, 6.45) is 3.98. The van der Waals surface area contributed by atoms with Crippen LogP contribution in [0.4, 0.5) is 4.39 Å². The minimum Gasteiger partial charge on any atom is -0.298 e. The van der Waals surface area contributed by atoms with E-state index in [0.29, 0.717) is 12.1 Å². The first kappa shape index (κ1) is 14.5. The Hall–Kier alpha value is -0.450. The first-order chi connectivity index (χ1) is 9.63. The summed E-state index contributed by atoms with van der Waals surface area (Å²) in [5.74, 6) is -0.0994. The fraction of sp³-hybridized carbons (Fsp3) is 0.625. The van der Waals surface area contributed by atoms with E-state index in [-0.39, 0.29) is 5.82 Å². The Morgan fingerprint density at radius 3 is 2.95 bits per heavy atom. The van der Waals surface area contributed by atoms with Gasteiger partial charge in [0.2, 0.25) is 0 Å². The van der Waals surface area contributed by atoms with Crippen molar-refractivity contribution in [3.8, 4) is 0 Å². The van der Waals surface area contributed by atoms with E-state index in [1.54, 1.807) is 6.07 Å². The largest absolute Gasteiger partial charge is 0.298 e. The third kappa shape index (κ3) is 3.07. The van der Waals surface area contributed by atoms with E-state index < -0.39 is 0 Å². The highest BCUT2D eigenvalue weighted by Crippen LogP contribution is 2.26. The van der Waals surface area contributed by atoms with Crippen LogP contribution in [0.15, 0.2) is 22.7 Å². The van der Waals surface area contributed by atoms with Crippen LogP contribution in [0.3, 0.4) is 0 Å². The van der Waals surface area contributed by atoms with Gasteiger partial charge in [0.1, 0.15) is 5.82 Å². The minimum absolute atomic E-state index is 0.0994. The van der Waals surface area contributed by atoms with Crippen molar-refractivity contribution in [1.29, 1.82) is 0 Å². The van der Waals surface area contributed by atoms with Crippen LogP contribution in [-0.2, 0) is 6.54 Å². The van der Waals surface area contributed by atoms with Gasteiger partial charge in [-0.2, -0.15) is 0 Å². The van der Waals surface area contributed by atoms with E-state index >= 15 is 0 Å². The molecule has 2 atom stereocenters. The fourth-order valence-electron chi connectivity index (χ4n) is 3.50. The molecular weight excluding hydrogens is 319 g/mol. The summed E-state index contributed by atoms with van der Waals surface area (Å²) in [6.45, 7) is 6.45. The normalized spacial score (nSPS) is 28.4. The zero-order chi connectivity index (χ0) is 14.1. The van der Waals surface area contributed by atoms with Crippen molar-refractivity contribution in [1.82, 2.24) is 9.80 Å². The monoisotopic (exact) mass is 340 g/mol.